The van der Waals surface area contributed by atoms with Crippen LogP contribution in [0.3, 0.4) is 0 Å². The smallest absolute Gasteiger partial charge is 0.120 e. The molecule has 1 aliphatic carbocycles. The Morgan fingerprint density at radius 3 is 2.83 bits per heavy atom. The van der Waals surface area contributed by atoms with Crippen LogP contribution in [0.2, 0.25) is 0 Å². The summed E-state index contributed by atoms with van der Waals surface area (Å²) < 4.78 is 5.41. The number of anilines is 2. The molecule has 0 saturated carbocycles. The first-order chi connectivity index (χ1) is 14.2. The van der Waals surface area contributed by atoms with Crippen LogP contribution in [0.15, 0.2) is 60.0 Å². The molecule has 3 aliphatic heterocycles. The van der Waals surface area contributed by atoms with Crippen LogP contribution < -0.4 is 20.9 Å². The number of piperidine rings is 1. The van der Waals surface area contributed by atoms with E-state index in [0.717, 1.165) is 50.8 Å². The van der Waals surface area contributed by atoms with Gasteiger partial charge < -0.3 is 25.6 Å². The van der Waals surface area contributed by atoms with Crippen LogP contribution in [0.25, 0.3) is 0 Å². The van der Waals surface area contributed by atoms with E-state index in [4.69, 9.17) is 4.74 Å². The lowest BCUT2D eigenvalue weighted by Crippen LogP contribution is -2.39. The topological polar surface area (TPSA) is 48.6 Å². The minimum absolute atomic E-state index is 0.0725. The van der Waals surface area contributed by atoms with Gasteiger partial charge in [0.2, 0.25) is 0 Å². The Kier molecular flexibility index (Phi) is 5.58. The van der Waals surface area contributed by atoms with Crippen molar-refractivity contribution in [1.82, 2.24) is 10.6 Å². The molecule has 3 heterocycles. The number of benzene rings is 1. The molecule has 4 aliphatic rings. The first-order valence-corrected chi connectivity index (χ1v) is 11.8. The summed E-state index contributed by atoms with van der Waals surface area (Å²) in [5.74, 6) is 1.14. The molecule has 0 aromatic heterocycles. The number of nitrogens with one attached hydrogen (secondary N) is 3. The summed E-state index contributed by atoms with van der Waals surface area (Å²) in [6, 6.07) is 8.71. The lowest BCUT2D eigenvalue weighted by Gasteiger charge is -2.34. The van der Waals surface area contributed by atoms with Gasteiger partial charge in [0.05, 0.1) is 13.2 Å². The number of hydrogen-bond acceptors (Lipinski definition) is 5. The maximum absolute atomic E-state index is 5.48. The largest absolute Gasteiger partial charge is 0.378 e. The lowest BCUT2D eigenvalue weighted by molar-refractivity contribution is 0.122. The zero-order chi connectivity index (χ0) is 19.7. The van der Waals surface area contributed by atoms with Crippen molar-refractivity contribution < 1.29 is 4.74 Å². The van der Waals surface area contributed by atoms with E-state index in [-0.39, 0.29) is 3.55 Å². The Morgan fingerprint density at radius 1 is 1.17 bits per heavy atom. The Hall–Kier alpha value is -1.51. The fourth-order valence-electron chi connectivity index (χ4n) is 4.85. The summed E-state index contributed by atoms with van der Waals surface area (Å²) >= 11 is 2.59. The van der Waals surface area contributed by atoms with Crippen molar-refractivity contribution in [1.29, 1.82) is 0 Å². The average molecular weight is 504 g/mol. The standard InChI is InChI=1S/C23H29IN4O/c24-23-15-19(4-5-22(23)21(16-26-23)17-6-8-25-9-7-17)27-18-2-1-3-20(14-18)28-10-12-29-13-11-28/h1-5,14-17,22,25-27H,6-13H2. The molecule has 0 spiro atoms. The first kappa shape index (κ1) is 19.5. The van der Waals surface area contributed by atoms with E-state index in [0.29, 0.717) is 11.8 Å². The molecule has 154 valence electrons. The van der Waals surface area contributed by atoms with Crippen molar-refractivity contribution in [3.63, 3.8) is 0 Å². The van der Waals surface area contributed by atoms with Gasteiger partial charge in [-0.3, -0.25) is 0 Å². The molecule has 1 aromatic carbocycles. The molecule has 6 heteroatoms. The number of allylic oxidation sites excluding steroid dienone is 1. The van der Waals surface area contributed by atoms with E-state index >= 15 is 0 Å². The van der Waals surface area contributed by atoms with Crippen LogP contribution in [0.5, 0.6) is 0 Å². The zero-order valence-corrected chi connectivity index (χ0v) is 18.8. The molecule has 2 atom stereocenters. The van der Waals surface area contributed by atoms with Gasteiger partial charge in [-0.05, 0) is 96.6 Å². The van der Waals surface area contributed by atoms with E-state index in [1.165, 1.54) is 18.5 Å². The minimum atomic E-state index is -0.0725. The van der Waals surface area contributed by atoms with Crippen LogP contribution in [-0.2, 0) is 4.74 Å². The number of alkyl halides is 1. The van der Waals surface area contributed by atoms with Crippen LogP contribution in [0.1, 0.15) is 12.8 Å². The molecule has 5 rings (SSSR count). The van der Waals surface area contributed by atoms with E-state index < -0.39 is 0 Å². The van der Waals surface area contributed by atoms with Crippen LogP contribution in [0.4, 0.5) is 11.4 Å². The quantitative estimate of drug-likeness (QED) is 0.332. The van der Waals surface area contributed by atoms with Gasteiger partial charge in [-0.15, -0.1) is 0 Å². The SMILES string of the molecule is IC12C=C(Nc3cccc(N4CCOCC4)c3)C=CC1C(C1CCNCC1)=CN2. The number of morpholine rings is 1. The number of fused-ring (bicyclic) bond motifs is 1. The van der Waals surface area contributed by atoms with Crippen molar-refractivity contribution in [3.8, 4) is 0 Å². The third-order valence-electron chi connectivity index (χ3n) is 6.43. The molecule has 3 N–H and O–H groups in total. The Balaban J connectivity index is 1.29. The summed E-state index contributed by atoms with van der Waals surface area (Å²) in [5, 5.41) is 10.8. The predicted octanol–water partition coefficient (Wildman–Crippen LogP) is 3.62. The van der Waals surface area contributed by atoms with Crippen molar-refractivity contribution in [2.75, 3.05) is 49.6 Å². The van der Waals surface area contributed by atoms with Gasteiger partial charge in [0.15, 0.2) is 0 Å². The van der Waals surface area contributed by atoms with Crippen molar-refractivity contribution >= 4 is 34.0 Å². The van der Waals surface area contributed by atoms with E-state index in [9.17, 15) is 0 Å². The predicted molar refractivity (Wildman–Crippen MR) is 127 cm³/mol. The number of ether oxygens (including phenoxy) is 1. The summed E-state index contributed by atoms with van der Waals surface area (Å²) in [6.45, 7) is 5.80. The van der Waals surface area contributed by atoms with Gasteiger partial charge in [0, 0.05) is 36.1 Å². The highest BCUT2D eigenvalue weighted by molar-refractivity contribution is 14.1. The minimum Gasteiger partial charge on any atom is -0.378 e. The second kappa shape index (κ2) is 8.32. The molecule has 2 unspecified atom stereocenters. The summed E-state index contributed by atoms with van der Waals surface area (Å²) in [7, 11) is 0. The maximum Gasteiger partial charge on any atom is 0.120 e. The molecule has 5 nitrogen and oxygen atoms in total. The summed E-state index contributed by atoms with van der Waals surface area (Å²) in [6.07, 6.45) is 11.8. The number of hydrogen-bond donors (Lipinski definition) is 3. The van der Waals surface area contributed by atoms with Crippen molar-refractivity contribution in [3.05, 3.63) is 60.0 Å². The Labute approximate surface area is 186 Å². The summed E-state index contributed by atoms with van der Waals surface area (Å²) in [5.41, 5.74) is 5.12. The van der Waals surface area contributed by atoms with Gasteiger partial charge in [-0.2, -0.15) is 0 Å². The molecule has 0 radical (unpaired) electrons. The third-order valence-corrected chi connectivity index (χ3v) is 7.72. The molecular weight excluding hydrogens is 475 g/mol. The highest BCUT2D eigenvalue weighted by Crippen LogP contribution is 2.45. The molecule has 1 aromatic rings. The van der Waals surface area contributed by atoms with Crippen molar-refractivity contribution in [2.45, 2.75) is 16.4 Å². The molecule has 2 fully saturated rings. The van der Waals surface area contributed by atoms with E-state index in [1.807, 2.05) is 0 Å². The van der Waals surface area contributed by atoms with Gasteiger partial charge >= 0.3 is 0 Å². The molecule has 29 heavy (non-hydrogen) atoms. The monoisotopic (exact) mass is 504 g/mol. The first-order valence-electron chi connectivity index (χ1n) is 10.7. The average Bonchev–Trinajstić information content (AvgIpc) is 3.11. The van der Waals surface area contributed by atoms with E-state index in [1.54, 1.807) is 5.57 Å². The van der Waals surface area contributed by atoms with Crippen LogP contribution >= 0.6 is 22.6 Å². The second-order valence-electron chi connectivity index (χ2n) is 8.29. The highest BCUT2D eigenvalue weighted by atomic mass is 127. The Bertz CT molecular complexity index is 839. The normalized spacial score (nSPS) is 29.7. The molecule has 0 bridgehead atoms. The van der Waals surface area contributed by atoms with Crippen LogP contribution in [0, 0.1) is 11.8 Å². The fraction of sp³-hybridized carbons (Fsp3) is 0.478. The lowest BCUT2D eigenvalue weighted by atomic mass is 9.80. The molecular formula is C23H29IN4O. The highest BCUT2D eigenvalue weighted by Gasteiger charge is 2.43. The number of rotatable bonds is 4. The molecule has 2 saturated heterocycles. The number of halogens is 1. The second-order valence-corrected chi connectivity index (χ2v) is 10.1. The third kappa shape index (κ3) is 4.07. The van der Waals surface area contributed by atoms with Gasteiger partial charge in [0.25, 0.3) is 0 Å². The van der Waals surface area contributed by atoms with Crippen LogP contribution in [-0.4, -0.2) is 42.9 Å². The maximum atomic E-state index is 5.48. The Morgan fingerprint density at radius 2 is 2.00 bits per heavy atom. The van der Waals surface area contributed by atoms with Gasteiger partial charge in [0.1, 0.15) is 3.55 Å². The van der Waals surface area contributed by atoms with Gasteiger partial charge in [-0.1, -0.05) is 12.1 Å². The zero-order valence-electron chi connectivity index (χ0n) is 16.7. The fourth-order valence-corrected chi connectivity index (χ4v) is 5.90. The summed E-state index contributed by atoms with van der Waals surface area (Å²) in [4.78, 5) is 2.39. The molecule has 0 amide bonds. The van der Waals surface area contributed by atoms with Gasteiger partial charge in [-0.25, -0.2) is 0 Å². The number of nitrogens with zero attached hydrogens (tertiary/aromatic N) is 1. The van der Waals surface area contributed by atoms with Crippen molar-refractivity contribution in [2.24, 2.45) is 11.8 Å². The van der Waals surface area contributed by atoms with E-state index in [2.05, 4.69) is 92.1 Å².